The van der Waals surface area contributed by atoms with Crippen molar-refractivity contribution >= 4 is 43.2 Å². The van der Waals surface area contributed by atoms with Crippen molar-refractivity contribution in [3.63, 3.8) is 0 Å². The second-order valence-corrected chi connectivity index (χ2v) is 7.01. The van der Waals surface area contributed by atoms with Gasteiger partial charge in [-0.1, -0.05) is 12.1 Å². The Labute approximate surface area is 127 Å². The summed E-state index contributed by atoms with van der Waals surface area (Å²) in [7, 11) is 0. The van der Waals surface area contributed by atoms with Gasteiger partial charge in [0.05, 0.1) is 16.4 Å². The van der Waals surface area contributed by atoms with Crippen LogP contribution in [0.25, 0.3) is 0 Å². The molecule has 2 rings (SSSR count). The van der Waals surface area contributed by atoms with Crippen molar-refractivity contribution in [2.24, 2.45) is 5.73 Å². The van der Waals surface area contributed by atoms with E-state index in [4.69, 9.17) is 10.5 Å². The first kappa shape index (κ1) is 14.1. The molecule has 18 heavy (non-hydrogen) atoms. The molecule has 0 aliphatic heterocycles. The number of hydrogen-bond donors (Lipinski definition) is 1. The summed E-state index contributed by atoms with van der Waals surface area (Å²) < 4.78 is 7.60. The zero-order valence-corrected chi connectivity index (χ0v) is 13.8. The summed E-state index contributed by atoms with van der Waals surface area (Å²) >= 11 is 8.61. The molecule has 1 heterocycles. The highest BCUT2D eigenvalue weighted by atomic mass is 79.9. The van der Waals surface area contributed by atoms with Crippen LogP contribution in [0.4, 0.5) is 0 Å². The number of halogens is 2. The number of nitrogens with two attached hydrogens (primary N) is 1. The highest BCUT2D eigenvalue weighted by Gasteiger charge is 2.14. The van der Waals surface area contributed by atoms with Crippen molar-refractivity contribution in [1.82, 2.24) is 0 Å². The van der Waals surface area contributed by atoms with Gasteiger partial charge in [0.15, 0.2) is 0 Å². The topological polar surface area (TPSA) is 35.2 Å². The van der Waals surface area contributed by atoms with Crippen LogP contribution in [0.1, 0.15) is 23.4 Å². The van der Waals surface area contributed by atoms with E-state index in [-0.39, 0.29) is 6.04 Å². The molecule has 0 aliphatic carbocycles. The van der Waals surface area contributed by atoms with Gasteiger partial charge < -0.3 is 10.5 Å². The van der Waals surface area contributed by atoms with Crippen LogP contribution in [0, 0.1) is 0 Å². The fourth-order valence-corrected chi connectivity index (χ4v) is 3.76. The van der Waals surface area contributed by atoms with Crippen LogP contribution < -0.4 is 10.5 Å². The molecule has 0 saturated heterocycles. The molecule has 0 amide bonds. The number of thiophene rings is 1. The van der Waals surface area contributed by atoms with E-state index in [1.54, 1.807) is 11.3 Å². The van der Waals surface area contributed by atoms with Gasteiger partial charge in [0, 0.05) is 9.35 Å². The molecule has 2 nitrogen and oxygen atoms in total. The quantitative estimate of drug-likeness (QED) is 0.819. The molecule has 0 aliphatic rings. The maximum absolute atomic E-state index is 6.28. The Hall–Kier alpha value is -0.360. The van der Waals surface area contributed by atoms with Gasteiger partial charge >= 0.3 is 0 Å². The molecule has 1 aromatic carbocycles. The Bertz CT molecular complexity index is 522. The van der Waals surface area contributed by atoms with E-state index in [9.17, 15) is 0 Å². The average molecular weight is 391 g/mol. The first-order chi connectivity index (χ1) is 8.61. The molecule has 0 fully saturated rings. The lowest BCUT2D eigenvalue weighted by atomic mass is 10.1. The Balaban J connectivity index is 2.27. The average Bonchev–Trinajstić information content (AvgIpc) is 2.69. The minimum absolute atomic E-state index is 0.127. The molecule has 1 atom stereocenters. The van der Waals surface area contributed by atoms with Crippen molar-refractivity contribution < 1.29 is 4.74 Å². The lowest BCUT2D eigenvalue weighted by Gasteiger charge is -2.11. The second kappa shape index (κ2) is 6.19. The van der Waals surface area contributed by atoms with Crippen molar-refractivity contribution in [3.8, 4) is 5.75 Å². The first-order valence-electron chi connectivity index (χ1n) is 5.55. The summed E-state index contributed by atoms with van der Waals surface area (Å²) in [5.41, 5.74) is 7.33. The predicted octanol–water partition coefficient (Wildman–Crippen LogP) is 4.72. The van der Waals surface area contributed by atoms with Crippen molar-refractivity contribution in [2.75, 3.05) is 6.61 Å². The van der Waals surface area contributed by atoms with Crippen molar-refractivity contribution in [2.45, 2.75) is 13.0 Å². The SMILES string of the molecule is CCOc1cccc(C(N)c2cc(Br)c(Br)s2)c1. The third-order valence-electron chi connectivity index (χ3n) is 2.50. The Morgan fingerprint density at radius 2 is 2.11 bits per heavy atom. The maximum Gasteiger partial charge on any atom is 0.119 e. The van der Waals surface area contributed by atoms with Crippen LogP contribution in [0.2, 0.25) is 0 Å². The predicted molar refractivity (Wildman–Crippen MR) is 83.4 cm³/mol. The van der Waals surface area contributed by atoms with E-state index in [1.807, 2.05) is 37.3 Å². The van der Waals surface area contributed by atoms with Crippen LogP contribution in [0.5, 0.6) is 5.75 Å². The number of rotatable bonds is 4. The summed E-state index contributed by atoms with van der Waals surface area (Å²) in [6.07, 6.45) is 0. The number of ether oxygens (including phenoxy) is 1. The van der Waals surface area contributed by atoms with Crippen LogP contribution in [0.3, 0.4) is 0 Å². The van der Waals surface area contributed by atoms with Gasteiger partial charge in [0.25, 0.3) is 0 Å². The standard InChI is InChI=1S/C13H13Br2NOS/c1-2-17-9-5-3-4-8(6-9)12(16)11-7-10(14)13(15)18-11/h3-7,12H,2,16H2,1H3. The van der Waals surface area contributed by atoms with Crippen LogP contribution in [-0.4, -0.2) is 6.61 Å². The smallest absolute Gasteiger partial charge is 0.119 e. The summed E-state index contributed by atoms with van der Waals surface area (Å²) in [6.45, 7) is 2.63. The molecule has 1 aromatic heterocycles. The van der Waals surface area contributed by atoms with Gasteiger partial charge in [-0.2, -0.15) is 0 Å². The van der Waals surface area contributed by atoms with Gasteiger partial charge in [0.1, 0.15) is 5.75 Å². The molecule has 96 valence electrons. The lowest BCUT2D eigenvalue weighted by molar-refractivity contribution is 0.340. The van der Waals surface area contributed by atoms with Gasteiger partial charge in [-0.3, -0.25) is 0 Å². The molecule has 1 unspecified atom stereocenters. The minimum atomic E-state index is -0.127. The molecule has 0 bridgehead atoms. The van der Waals surface area contributed by atoms with E-state index in [2.05, 4.69) is 31.9 Å². The number of benzene rings is 1. The maximum atomic E-state index is 6.28. The molecule has 0 saturated carbocycles. The third-order valence-corrected chi connectivity index (χ3v) is 5.84. The highest BCUT2D eigenvalue weighted by Crippen LogP contribution is 2.37. The number of hydrogen-bond acceptors (Lipinski definition) is 3. The van der Waals surface area contributed by atoms with Gasteiger partial charge in [-0.05, 0) is 62.5 Å². The van der Waals surface area contributed by atoms with Gasteiger partial charge in [-0.25, -0.2) is 0 Å². The molecule has 0 spiro atoms. The molecule has 2 aromatic rings. The zero-order valence-electron chi connectivity index (χ0n) is 9.82. The minimum Gasteiger partial charge on any atom is -0.494 e. The molecule has 2 N–H and O–H groups in total. The van der Waals surface area contributed by atoms with Gasteiger partial charge in [0.2, 0.25) is 0 Å². The molecular weight excluding hydrogens is 378 g/mol. The molecular formula is C13H13Br2NOS. The summed E-state index contributed by atoms with van der Waals surface area (Å²) in [5, 5.41) is 0. The van der Waals surface area contributed by atoms with E-state index >= 15 is 0 Å². The summed E-state index contributed by atoms with van der Waals surface area (Å²) in [6, 6.07) is 9.85. The van der Waals surface area contributed by atoms with E-state index in [1.165, 1.54) is 0 Å². The van der Waals surface area contributed by atoms with Crippen molar-refractivity contribution in [3.05, 3.63) is 49.0 Å². The van der Waals surface area contributed by atoms with E-state index in [0.717, 1.165) is 24.4 Å². The summed E-state index contributed by atoms with van der Waals surface area (Å²) in [4.78, 5) is 1.11. The fraction of sp³-hybridized carbons (Fsp3) is 0.231. The third kappa shape index (κ3) is 3.15. The van der Waals surface area contributed by atoms with Crippen LogP contribution in [-0.2, 0) is 0 Å². The Kier molecular flexibility index (Phi) is 4.84. The summed E-state index contributed by atoms with van der Waals surface area (Å²) in [5.74, 6) is 0.861. The molecule has 5 heteroatoms. The Morgan fingerprint density at radius 1 is 1.33 bits per heavy atom. The largest absolute Gasteiger partial charge is 0.494 e. The van der Waals surface area contributed by atoms with Crippen LogP contribution >= 0.6 is 43.2 Å². The molecule has 0 radical (unpaired) electrons. The lowest BCUT2D eigenvalue weighted by Crippen LogP contribution is -2.10. The van der Waals surface area contributed by atoms with E-state index in [0.29, 0.717) is 6.61 Å². The first-order valence-corrected chi connectivity index (χ1v) is 7.95. The Morgan fingerprint density at radius 3 is 2.72 bits per heavy atom. The van der Waals surface area contributed by atoms with Gasteiger partial charge in [-0.15, -0.1) is 11.3 Å². The van der Waals surface area contributed by atoms with Crippen molar-refractivity contribution in [1.29, 1.82) is 0 Å². The van der Waals surface area contributed by atoms with Crippen LogP contribution in [0.15, 0.2) is 38.6 Å². The fourth-order valence-electron chi connectivity index (χ4n) is 1.65. The second-order valence-electron chi connectivity index (χ2n) is 3.75. The normalized spacial score (nSPS) is 12.4. The monoisotopic (exact) mass is 389 g/mol. The zero-order chi connectivity index (χ0) is 13.1. The highest BCUT2D eigenvalue weighted by molar-refractivity contribution is 9.13. The van der Waals surface area contributed by atoms with E-state index < -0.39 is 0 Å².